The van der Waals surface area contributed by atoms with Crippen LogP contribution in [-0.2, 0) is 4.79 Å². The van der Waals surface area contributed by atoms with Gasteiger partial charge in [-0.25, -0.2) is 0 Å². The van der Waals surface area contributed by atoms with Gasteiger partial charge in [0.15, 0.2) is 0 Å². The van der Waals surface area contributed by atoms with E-state index in [2.05, 4.69) is 92.1 Å². The first-order valence-electron chi connectivity index (χ1n) is 29.3. The summed E-state index contributed by atoms with van der Waals surface area (Å²) < 4.78 is 0. The number of carbonyl (C=O) groups excluding carboxylic acids is 1. The molecule has 0 rings (SSSR count). The second kappa shape index (κ2) is 57.9. The summed E-state index contributed by atoms with van der Waals surface area (Å²) in [6.45, 7) is 4.20. The minimum absolute atomic E-state index is 0.0856. The summed E-state index contributed by atoms with van der Waals surface area (Å²) in [5.74, 6) is -0.0856. The smallest absolute Gasteiger partial charge is 0.220 e. The van der Waals surface area contributed by atoms with Gasteiger partial charge < -0.3 is 15.5 Å². The van der Waals surface area contributed by atoms with Crippen LogP contribution in [0.1, 0.15) is 290 Å². The lowest BCUT2D eigenvalue weighted by atomic mass is 10.0. The zero-order valence-electron chi connectivity index (χ0n) is 44.7. The number of amides is 1. The van der Waals surface area contributed by atoms with Crippen LogP contribution in [0.25, 0.3) is 0 Å². The number of unbranched alkanes of at least 4 members (excludes halogenated alkanes) is 34. The Morgan fingerprint density at radius 2 is 0.672 bits per heavy atom. The molecule has 2 atom stereocenters. The Morgan fingerprint density at radius 1 is 0.373 bits per heavy atom. The van der Waals surface area contributed by atoms with Gasteiger partial charge in [0, 0.05) is 6.42 Å². The molecule has 0 saturated carbocycles. The Bertz CT molecular complexity index is 1190. The predicted molar refractivity (Wildman–Crippen MR) is 299 cm³/mol. The lowest BCUT2D eigenvalue weighted by molar-refractivity contribution is -0.123. The largest absolute Gasteiger partial charge is 0.394 e. The maximum Gasteiger partial charge on any atom is 0.220 e. The number of allylic oxidation sites excluding steroid dienone is 13. The molecule has 0 aliphatic carbocycles. The maximum absolute atomic E-state index is 12.5. The molecule has 0 heterocycles. The molecule has 67 heavy (non-hydrogen) atoms. The quantitative estimate of drug-likeness (QED) is 0.0420. The summed E-state index contributed by atoms with van der Waals surface area (Å²) in [7, 11) is 0. The van der Waals surface area contributed by atoms with E-state index in [0.29, 0.717) is 6.42 Å². The molecular weight excluding hydrogens is 819 g/mol. The molecule has 0 aliphatic rings. The fraction of sp³-hybridized carbons (Fsp3) is 0.762. The molecular formula is C63H113NO3. The second-order valence-electron chi connectivity index (χ2n) is 19.7. The Labute approximate surface area is 418 Å². The van der Waals surface area contributed by atoms with Crippen molar-refractivity contribution in [2.75, 3.05) is 6.61 Å². The fourth-order valence-corrected chi connectivity index (χ4v) is 8.69. The van der Waals surface area contributed by atoms with Crippen LogP contribution in [0.4, 0.5) is 0 Å². The summed E-state index contributed by atoms with van der Waals surface area (Å²) in [5.41, 5.74) is 0. The molecule has 0 saturated heterocycles. The van der Waals surface area contributed by atoms with Crippen molar-refractivity contribution in [3.05, 3.63) is 85.1 Å². The Hall–Kier alpha value is -2.43. The molecule has 0 aromatic heterocycles. The lowest BCUT2D eigenvalue weighted by Gasteiger charge is -2.19. The number of carbonyl (C=O) groups is 1. The fourth-order valence-electron chi connectivity index (χ4n) is 8.69. The van der Waals surface area contributed by atoms with Crippen molar-refractivity contribution in [3.63, 3.8) is 0 Å². The summed E-state index contributed by atoms with van der Waals surface area (Å²) in [6, 6.07) is -0.652. The zero-order chi connectivity index (χ0) is 48.5. The molecule has 4 nitrogen and oxygen atoms in total. The molecule has 2 unspecified atom stereocenters. The van der Waals surface area contributed by atoms with E-state index in [1.54, 1.807) is 6.08 Å². The third-order valence-corrected chi connectivity index (χ3v) is 13.1. The van der Waals surface area contributed by atoms with E-state index in [4.69, 9.17) is 0 Å². The summed E-state index contributed by atoms with van der Waals surface area (Å²) in [6.07, 6.45) is 84.7. The van der Waals surface area contributed by atoms with E-state index in [1.807, 2.05) is 6.08 Å². The number of hydrogen-bond donors (Lipinski definition) is 3. The normalized spacial score (nSPS) is 13.4. The van der Waals surface area contributed by atoms with Crippen molar-refractivity contribution in [1.29, 1.82) is 0 Å². The van der Waals surface area contributed by atoms with E-state index in [9.17, 15) is 15.0 Å². The van der Waals surface area contributed by atoms with Gasteiger partial charge in [-0.3, -0.25) is 4.79 Å². The average Bonchev–Trinajstić information content (AvgIpc) is 3.33. The number of nitrogens with one attached hydrogen (secondary N) is 1. The van der Waals surface area contributed by atoms with Gasteiger partial charge in [0.05, 0.1) is 18.8 Å². The van der Waals surface area contributed by atoms with Crippen molar-refractivity contribution in [3.8, 4) is 0 Å². The van der Waals surface area contributed by atoms with Gasteiger partial charge in [0.2, 0.25) is 5.91 Å². The van der Waals surface area contributed by atoms with Crippen LogP contribution in [0.15, 0.2) is 85.1 Å². The molecule has 0 spiro atoms. The van der Waals surface area contributed by atoms with Crippen LogP contribution >= 0.6 is 0 Å². The highest BCUT2D eigenvalue weighted by Gasteiger charge is 2.18. The van der Waals surface area contributed by atoms with Crippen LogP contribution in [-0.4, -0.2) is 34.9 Å². The van der Waals surface area contributed by atoms with Crippen molar-refractivity contribution in [1.82, 2.24) is 5.32 Å². The molecule has 0 aliphatic heterocycles. The number of rotatable bonds is 53. The number of hydrogen-bond acceptors (Lipinski definition) is 3. The first kappa shape index (κ1) is 64.6. The van der Waals surface area contributed by atoms with E-state index < -0.39 is 12.1 Å². The minimum Gasteiger partial charge on any atom is -0.394 e. The highest BCUT2D eigenvalue weighted by molar-refractivity contribution is 5.76. The topological polar surface area (TPSA) is 69.6 Å². The van der Waals surface area contributed by atoms with Crippen LogP contribution in [0.2, 0.25) is 0 Å². The van der Waals surface area contributed by atoms with Gasteiger partial charge in [0.25, 0.3) is 0 Å². The van der Waals surface area contributed by atoms with Crippen LogP contribution in [0.5, 0.6) is 0 Å². The van der Waals surface area contributed by atoms with Gasteiger partial charge in [-0.1, -0.05) is 292 Å². The molecule has 4 heteroatoms. The van der Waals surface area contributed by atoms with E-state index in [1.165, 1.54) is 193 Å². The highest BCUT2D eigenvalue weighted by Crippen LogP contribution is 2.17. The van der Waals surface area contributed by atoms with Crippen molar-refractivity contribution >= 4 is 5.91 Å². The van der Waals surface area contributed by atoms with Crippen LogP contribution in [0.3, 0.4) is 0 Å². The average molecular weight is 933 g/mol. The van der Waals surface area contributed by atoms with E-state index in [-0.39, 0.29) is 12.5 Å². The molecule has 0 fully saturated rings. The van der Waals surface area contributed by atoms with Crippen molar-refractivity contribution in [2.45, 2.75) is 302 Å². The molecule has 0 aromatic rings. The van der Waals surface area contributed by atoms with Crippen LogP contribution < -0.4 is 5.32 Å². The number of aliphatic hydroxyl groups excluding tert-OH is 2. The third kappa shape index (κ3) is 54.4. The van der Waals surface area contributed by atoms with Gasteiger partial charge in [-0.2, -0.15) is 0 Å². The summed E-state index contributed by atoms with van der Waals surface area (Å²) in [5, 5.41) is 23.2. The Morgan fingerprint density at radius 3 is 1.04 bits per heavy atom. The van der Waals surface area contributed by atoms with Crippen molar-refractivity contribution < 1.29 is 15.0 Å². The molecule has 388 valence electrons. The predicted octanol–water partition coefficient (Wildman–Crippen LogP) is 19.5. The summed E-state index contributed by atoms with van der Waals surface area (Å²) in [4.78, 5) is 12.5. The van der Waals surface area contributed by atoms with Gasteiger partial charge in [-0.15, -0.1) is 0 Å². The SMILES string of the molecule is CC/C=C\C/C=C\C/C=C\C/C=C\C/C=C\CCCCCCCCCC(=O)NC(CO)C(O)/C=C/CC/C=C/CCCCCCCCCCCCCCCCCCCCCCCCCCCC. The molecule has 3 N–H and O–H groups in total. The monoisotopic (exact) mass is 932 g/mol. The van der Waals surface area contributed by atoms with Crippen LogP contribution in [0, 0.1) is 0 Å². The van der Waals surface area contributed by atoms with Gasteiger partial charge in [-0.05, 0) is 77.0 Å². The molecule has 1 amide bonds. The highest BCUT2D eigenvalue weighted by atomic mass is 16.3. The van der Waals surface area contributed by atoms with Gasteiger partial charge >= 0.3 is 0 Å². The summed E-state index contributed by atoms with van der Waals surface area (Å²) >= 11 is 0. The van der Waals surface area contributed by atoms with Gasteiger partial charge in [0.1, 0.15) is 0 Å². The minimum atomic E-state index is -0.874. The second-order valence-corrected chi connectivity index (χ2v) is 19.7. The Kier molecular flexibility index (Phi) is 55.8. The van der Waals surface area contributed by atoms with Crippen molar-refractivity contribution in [2.24, 2.45) is 0 Å². The zero-order valence-corrected chi connectivity index (χ0v) is 44.7. The first-order valence-corrected chi connectivity index (χ1v) is 29.3. The van der Waals surface area contributed by atoms with E-state index >= 15 is 0 Å². The molecule has 0 bridgehead atoms. The third-order valence-electron chi connectivity index (χ3n) is 13.1. The lowest BCUT2D eigenvalue weighted by Crippen LogP contribution is -2.45. The first-order chi connectivity index (χ1) is 33.2. The molecule has 0 aromatic carbocycles. The van der Waals surface area contributed by atoms with E-state index in [0.717, 1.165) is 77.0 Å². The molecule has 0 radical (unpaired) electrons. The standard InChI is InChI=1S/C63H113NO3/c1-3-5-7-9-11-13-15-17-19-21-23-25-27-28-29-30-31-32-33-34-35-37-38-40-42-44-46-48-50-52-54-56-58-62(66)61(60-65)64-63(67)59-57-55-53-51-49-47-45-43-41-39-36-26-24-22-20-18-16-14-12-10-8-6-4-2/h6,8,12,14,18,20,24,26,39,41,48,50,56,58,61-62,65-66H,3-5,7,9-11,13,15-17,19,21-23,25,27-38,40,42-47,49,51-55,57,59-60H2,1-2H3,(H,64,67)/b8-6-,14-12-,20-18-,26-24-,41-39-,50-48+,58-56+. The Balaban J connectivity index is 3.55. The maximum atomic E-state index is 12.5. The number of aliphatic hydroxyl groups is 2.